The zero-order valence-electron chi connectivity index (χ0n) is 16.5. The Labute approximate surface area is 188 Å². The highest BCUT2D eigenvalue weighted by Gasteiger charge is 2.36. The predicted molar refractivity (Wildman–Crippen MR) is 126 cm³/mol. The highest BCUT2D eigenvalue weighted by atomic mass is 127. The number of hydrogen-bond acceptors (Lipinski definition) is 5. The number of halogens is 1. The van der Waals surface area contributed by atoms with E-state index in [4.69, 9.17) is 9.47 Å². The van der Waals surface area contributed by atoms with E-state index >= 15 is 0 Å². The van der Waals surface area contributed by atoms with Gasteiger partial charge in [-0.05, 0) is 90.5 Å². The van der Waals surface area contributed by atoms with Gasteiger partial charge < -0.3 is 9.47 Å². The van der Waals surface area contributed by atoms with Gasteiger partial charge in [0.15, 0.2) is 11.5 Å². The first kappa shape index (κ1) is 21.7. The average Bonchev–Trinajstić information content (AvgIpc) is 2.98. The molecule has 1 fully saturated rings. The molecule has 2 aromatic rings. The van der Waals surface area contributed by atoms with Crippen LogP contribution in [0.1, 0.15) is 32.8 Å². The van der Waals surface area contributed by atoms with Crippen LogP contribution in [0.2, 0.25) is 0 Å². The van der Waals surface area contributed by atoms with E-state index in [-0.39, 0.29) is 17.3 Å². The van der Waals surface area contributed by atoms with Crippen molar-refractivity contribution in [2.75, 3.05) is 11.5 Å². The minimum Gasteiger partial charge on any atom is -0.490 e. The summed E-state index contributed by atoms with van der Waals surface area (Å²) in [6.45, 7) is 6.49. The Hall–Kier alpha value is -2.00. The Balaban J connectivity index is 1.94. The summed E-state index contributed by atoms with van der Waals surface area (Å²) in [5, 5.41) is -0.302. The number of ether oxygens (including phenoxy) is 2. The highest BCUT2D eigenvalue weighted by Crippen LogP contribution is 2.39. The molecule has 0 saturated carbocycles. The lowest BCUT2D eigenvalue weighted by molar-refractivity contribution is -0.113. The van der Waals surface area contributed by atoms with Crippen molar-refractivity contribution in [1.82, 2.24) is 0 Å². The fourth-order valence-corrected chi connectivity index (χ4v) is 4.35. The molecule has 1 aliphatic heterocycles. The van der Waals surface area contributed by atoms with Gasteiger partial charge in [-0.25, -0.2) is 4.90 Å². The van der Waals surface area contributed by atoms with Crippen LogP contribution in [0.25, 0.3) is 6.08 Å². The maximum atomic E-state index is 12.8. The molecule has 29 heavy (non-hydrogen) atoms. The van der Waals surface area contributed by atoms with Gasteiger partial charge in [0.1, 0.15) is 0 Å². The quantitative estimate of drug-likeness (QED) is 0.324. The lowest BCUT2D eigenvalue weighted by atomic mass is 10.1. The van der Waals surface area contributed by atoms with Crippen LogP contribution >= 0.6 is 34.4 Å². The first-order chi connectivity index (χ1) is 13.9. The van der Waals surface area contributed by atoms with Gasteiger partial charge in [-0.1, -0.05) is 25.1 Å². The molecule has 0 radical (unpaired) electrons. The summed E-state index contributed by atoms with van der Waals surface area (Å²) in [4.78, 5) is 26.8. The summed E-state index contributed by atoms with van der Waals surface area (Å²) < 4.78 is 12.7. The van der Waals surface area contributed by atoms with E-state index in [0.29, 0.717) is 28.7 Å². The van der Waals surface area contributed by atoms with Crippen molar-refractivity contribution >= 4 is 57.3 Å². The summed E-state index contributed by atoms with van der Waals surface area (Å²) in [7, 11) is 0. The molecule has 7 heteroatoms. The second-order valence-electron chi connectivity index (χ2n) is 6.45. The number of benzene rings is 2. The number of thioether (sulfide) groups is 1. The molecular weight excluding hydrogens is 501 g/mol. The molecule has 3 rings (SSSR count). The van der Waals surface area contributed by atoms with E-state index in [1.165, 1.54) is 4.90 Å². The van der Waals surface area contributed by atoms with Gasteiger partial charge in [-0.3, -0.25) is 9.59 Å². The fraction of sp³-hybridized carbons (Fsp3) is 0.273. The van der Waals surface area contributed by atoms with Crippen LogP contribution in [0.15, 0.2) is 47.4 Å². The summed E-state index contributed by atoms with van der Waals surface area (Å²) in [6, 6.07) is 12.7. The topological polar surface area (TPSA) is 55.8 Å². The van der Waals surface area contributed by atoms with Crippen LogP contribution in [0.4, 0.5) is 10.5 Å². The third-order valence-corrected chi connectivity index (χ3v) is 6.00. The number of para-hydroxylation sites is 1. The largest absolute Gasteiger partial charge is 0.490 e. The van der Waals surface area contributed by atoms with E-state index < -0.39 is 0 Å². The lowest BCUT2D eigenvalue weighted by Gasteiger charge is -2.18. The number of anilines is 1. The fourth-order valence-electron chi connectivity index (χ4n) is 2.75. The smallest absolute Gasteiger partial charge is 0.298 e. The van der Waals surface area contributed by atoms with Gasteiger partial charge in [-0.2, -0.15) is 0 Å². The van der Waals surface area contributed by atoms with Crippen molar-refractivity contribution in [3.63, 3.8) is 0 Å². The molecule has 5 nitrogen and oxygen atoms in total. The molecule has 0 spiro atoms. The second kappa shape index (κ2) is 9.67. The Morgan fingerprint density at radius 3 is 2.55 bits per heavy atom. The van der Waals surface area contributed by atoms with Crippen LogP contribution in [-0.4, -0.2) is 23.9 Å². The zero-order chi connectivity index (χ0) is 21.0. The molecule has 1 aliphatic rings. The Kier molecular flexibility index (Phi) is 7.23. The van der Waals surface area contributed by atoms with Crippen molar-refractivity contribution in [3.8, 4) is 11.5 Å². The average molecular weight is 523 g/mol. The highest BCUT2D eigenvalue weighted by molar-refractivity contribution is 14.1. The van der Waals surface area contributed by atoms with Crippen LogP contribution < -0.4 is 14.4 Å². The van der Waals surface area contributed by atoms with Crippen LogP contribution in [0.5, 0.6) is 11.5 Å². The molecule has 1 atom stereocenters. The van der Waals surface area contributed by atoms with E-state index in [1.807, 2.05) is 32.0 Å². The lowest BCUT2D eigenvalue weighted by Crippen LogP contribution is -2.27. The number of rotatable bonds is 7. The van der Waals surface area contributed by atoms with Crippen LogP contribution in [-0.2, 0) is 4.79 Å². The third kappa shape index (κ3) is 4.95. The Morgan fingerprint density at radius 1 is 1.17 bits per heavy atom. The molecule has 0 bridgehead atoms. The maximum Gasteiger partial charge on any atom is 0.298 e. The standard InChI is InChI=1S/C22H22INO4S/c1-4-14(3)28-20-17(23)11-15(12-18(20)27-5-2)13-19-21(25)24(22(26)29-19)16-9-7-6-8-10-16/h6-14H,4-5H2,1-3H3/b19-13+/t14-/m1/s1. The second-order valence-corrected chi connectivity index (χ2v) is 8.61. The van der Waals surface area contributed by atoms with Crippen molar-refractivity contribution < 1.29 is 19.1 Å². The predicted octanol–water partition coefficient (Wildman–Crippen LogP) is 6.11. The first-order valence-corrected chi connectivity index (χ1v) is 11.3. The monoisotopic (exact) mass is 523 g/mol. The van der Waals surface area contributed by atoms with Gasteiger partial charge in [0.05, 0.1) is 26.9 Å². The third-order valence-electron chi connectivity index (χ3n) is 4.33. The number of amides is 2. The van der Waals surface area contributed by atoms with Gasteiger partial charge >= 0.3 is 0 Å². The Morgan fingerprint density at radius 2 is 1.90 bits per heavy atom. The summed E-state index contributed by atoms with van der Waals surface area (Å²) >= 11 is 3.15. The van der Waals surface area contributed by atoms with Gasteiger partial charge in [0, 0.05) is 0 Å². The molecule has 1 heterocycles. The number of hydrogen-bond donors (Lipinski definition) is 0. The van der Waals surface area contributed by atoms with Gasteiger partial charge in [0.25, 0.3) is 11.1 Å². The zero-order valence-corrected chi connectivity index (χ0v) is 19.5. The van der Waals surface area contributed by atoms with Crippen LogP contribution in [0, 0.1) is 3.57 Å². The van der Waals surface area contributed by atoms with Crippen LogP contribution in [0.3, 0.4) is 0 Å². The number of imide groups is 1. The molecule has 0 aliphatic carbocycles. The molecule has 0 unspecified atom stereocenters. The molecular formula is C22H22INO4S. The molecule has 0 N–H and O–H groups in total. The molecule has 0 aromatic heterocycles. The molecule has 152 valence electrons. The maximum absolute atomic E-state index is 12.8. The van der Waals surface area contributed by atoms with E-state index in [1.54, 1.807) is 30.3 Å². The van der Waals surface area contributed by atoms with Crippen molar-refractivity contribution in [1.29, 1.82) is 0 Å². The summed E-state index contributed by atoms with van der Waals surface area (Å²) in [5.41, 5.74) is 1.35. The summed E-state index contributed by atoms with van der Waals surface area (Å²) in [6.07, 6.45) is 2.68. The first-order valence-electron chi connectivity index (χ1n) is 9.40. The minimum atomic E-state index is -0.320. The van der Waals surface area contributed by atoms with E-state index in [9.17, 15) is 9.59 Å². The van der Waals surface area contributed by atoms with Gasteiger partial charge in [-0.15, -0.1) is 0 Å². The Bertz CT molecular complexity index is 945. The normalized spacial score (nSPS) is 16.4. The van der Waals surface area contributed by atoms with E-state index in [0.717, 1.165) is 27.3 Å². The van der Waals surface area contributed by atoms with E-state index in [2.05, 4.69) is 29.5 Å². The molecule has 2 aromatic carbocycles. The van der Waals surface area contributed by atoms with Crippen molar-refractivity contribution in [2.45, 2.75) is 33.3 Å². The minimum absolute atomic E-state index is 0.0657. The summed E-state index contributed by atoms with van der Waals surface area (Å²) in [5.74, 6) is 1.02. The molecule has 2 amide bonds. The van der Waals surface area contributed by atoms with Crippen molar-refractivity contribution in [2.24, 2.45) is 0 Å². The number of carbonyl (C=O) groups excluding carboxylic acids is 2. The van der Waals surface area contributed by atoms with Gasteiger partial charge in [0.2, 0.25) is 0 Å². The number of nitrogens with zero attached hydrogens (tertiary/aromatic N) is 1. The van der Waals surface area contributed by atoms with Crippen molar-refractivity contribution in [3.05, 3.63) is 56.5 Å². The molecule has 1 saturated heterocycles. The SMILES string of the molecule is CCOc1cc(/C=C2/SC(=O)N(c3ccccc3)C2=O)cc(I)c1O[C@H](C)CC. The number of carbonyl (C=O) groups is 2.